The first kappa shape index (κ1) is 13.4. The van der Waals surface area contributed by atoms with E-state index in [-0.39, 0.29) is 10.9 Å². The van der Waals surface area contributed by atoms with Crippen LogP contribution in [-0.4, -0.2) is 25.6 Å². The Morgan fingerprint density at radius 3 is 2.67 bits per heavy atom. The van der Waals surface area contributed by atoms with Crippen molar-refractivity contribution in [2.24, 2.45) is 0 Å². The molecule has 1 aromatic rings. The van der Waals surface area contributed by atoms with Crippen LogP contribution in [0.3, 0.4) is 0 Å². The summed E-state index contributed by atoms with van der Waals surface area (Å²) in [6.45, 7) is 1.40. The first-order valence-corrected chi connectivity index (χ1v) is 7.63. The molecule has 1 aliphatic carbocycles. The number of halogens is 1. The van der Waals surface area contributed by atoms with Crippen LogP contribution in [-0.2, 0) is 14.6 Å². The van der Waals surface area contributed by atoms with E-state index in [9.17, 15) is 13.2 Å². The number of amides is 1. The number of benzene rings is 1. The second kappa shape index (κ2) is 4.90. The molecule has 1 fully saturated rings. The van der Waals surface area contributed by atoms with E-state index < -0.39 is 21.0 Å². The average Bonchev–Trinajstić information content (AvgIpc) is 3.11. The van der Waals surface area contributed by atoms with Crippen LogP contribution in [0.5, 0.6) is 0 Å². The highest BCUT2D eigenvalue weighted by Gasteiger charge is 2.33. The van der Waals surface area contributed by atoms with Gasteiger partial charge in [-0.2, -0.15) is 0 Å². The van der Waals surface area contributed by atoms with Gasteiger partial charge in [0.2, 0.25) is 5.91 Å². The molecular formula is C12H14ClNO3S. The number of rotatable bonds is 4. The zero-order chi connectivity index (χ0) is 13.3. The maximum atomic E-state index is 12.2. The van der Waals surface area contributed by atoms with Gasteiger partial charge >= 0.3 is 0 Å². The lowest BCUT2D eigenvalue weighted by Gasteiger charge is -2.13. The Balaban J connectivity index is 2.21. The van der Waals surface area contributed by atoms with Crippen LogP contribution < -0.4 is 5.32 Å². The highest BCUT2D eigenvalue weighted by atomic mass is 35.5. The van der Waals surface area contributed by atoms with E-state index >= 15 is 0 Å². The molecule has 0 aromatic heterocycles. The van der Waals surface area contributed by atoms with Gasteiger partial charge in [-0.1, -0.05) is 17.7 Å². The Bertz CT molecular complexity index is 566. The fraction of sp³-hybridized carbons (Fsp3) is 0.417. The molecule has 98 valence electrons. The van der Waals surface area contributed by atoms with Gasteiger partial charge in [-0.25, -0.2) is 8.42 Å². The number of hydrogen-bond donors (Lipinski definition) is 1. The molecule has 0 aliphatic heterocycles. The van der Waals surface area contributed by atoms with Crippen molar-refractivity contribution in [1.82, 2.24) is 5.32 Å². The zero-order valence-corrected chi connectivity index (χ0v) is 11.5. The van der Waals surface area contributed by atoms with E-state index in [4.69, 9.17) is 11.6 Å². The number of sulfone groups is 1. The summed E-state index contributed by atoms with van der Waals surface area (Å²) < 4.78 is 24.4. The predicted molar refractivity (Wildman–Crippen MR) is 69.3 cm³/mol. The Labute approximate surface area is 111 Å². The monoisotopic (exact) mass is 287 g/mol. The van der Waals surface area contributed by atoms with E-state index in [2.05, 4.69) is 5.32 Å². The van der Waals surface area contributed by atoms with Gasteiger partial charge in [0.1, 0.15) is 5.25 Å². The van der Waals surface area contributed by atoms with Gasteiger partial charge < -0.3 is 5.32 Å². The van der Waals surface area contributed by atoms with Crippen molar-refractivity contribution >= 4 is 27.3 Å². The van der Waals surface area contributed by atoms with Gasteiger partial charge in [-0.3, -0.25) is 4.79 Å². The lowest BCUT2D eigenvalue weighted by Crippen LogP contribution is -2.39. The minimum absolute atomic E-state index is 0.0773. The molecule has 4 nitrogen and oxygen atoms in total. The fourth-order valence-corrected chi connectivity index (χ4v) is 3.11. The summed E-state index contributed by atoms with van der Waals surface area (Å²) >= 11 is 5.76. The van der Waals surface area contributed by atoms with Crippen molar-refractivity contribution in [3.05, 3.63) is 29.3 Å². The molecule has 0 saturated heterocycles. The molecule has 1 saturated carbocycles. The van der Waals surface area contributed by atoms with Gasteiger partial charge in [0, 0.05) is 11.1 Å². The molecule has 0 heterocycles. The van der Waals surface area contributed by atoms with Crippen molar-refractivity contribution in [3.63, 3.8) is 0 Å². The molecule has 18 heavy (non-hydrogen) atoms. The molecule has 0 bridgehead atoms. The maximum absolute atomic E-state index is 12.2. The predicted octanol–water partition coefficient (Wildman–Crippen LogP) is 1.78. The third kappa shape index (κ3) is 2.84. The fourth-order valence-electron chi connectivity index (χ4n) is 1.54. The lowest BCUT2D eigenvalue weighted by molar-refractivity contribution is -0.120. The molecule has 2 rings (SSSR count). The van der Waals surface area contributed by atoms with Crippen LogP contribution in [0.4, 0.5) is 0 Å². The SMILES string of the molecule is C[C@H](C(=O)NC1CC1)S(=O)(=O)c1cccc(Cl)c1. The second-order valence-electron chi connectivity index (χ2n) is 4.43. The molecule has 1 N–H and O–H groups in total. The van der Waals surface area contributed by atoms with Crippen molar-refractivity contribution < 1.29 is 13.2 Å². The van der Waals surface area contributed by atoms with Crippen LogP contribution in [0.25, 0.3) is 0 Å². The maximum Gasteiger partial charge on any atom is 0.238 e. The van der Waals surface area contributed by atoms with E-state index in [0.717, 1.165) is 12.8 Å². The first-order valence-electron chi connectivity index (χ1n) is 5.71. The highest BCUT2D eigenvalue weighted by Crippen LogP contribution is 2.22. The van der Waals surface area contributed by atoms with Gasteiger partial charge in [0.05, 0.1) is 4.90 Å². The lowest BCUT2D eigenvalue weighted by atomic mass is 10.4. The normalized spacial score (nSPS) is 17.2. The summed E-state index contributed by atoms with van der Waals surface area (Å²) in [7, 11) is -3.68. The third-order valence-corrected chi connectivity index (χ3v) is 5.17. The summed E-state index contributed by atoms with van der Waals surface area (Å²) in [5.41, 5.74) is 0. The van der Waals surface area contributed by atoms with Crippen molar-refractivity contribution in [3.8, 4) is 0 Å². The van der Waals surface area contributed by atoms with E-state index in [1.165, 1.54) is 19.1 Å². The Kier molecular flexibility index (Phi) is 3.64. The largest absolute Gasteiger partial charge is 0.352 e. The minimum Gasteiger partial charge on any atom is -0.352 e. The van der Waals surface area contributed by atoms with Crippen LogP contribution in [0.1, 0.15) is 19.8 Å². The van der Waals surface area contributed by atoms with Gasteiger partial charge in [0.15, 0.2) is 9.84 Å². The summed E-state index contributed by atoms with van der Waals surface area (Å²) in [5, 5.41) is 1.93. The number of hydrogen-bond acceptors (Lipinski definition) is 3. The Morgan fingerprint density at radius 2 is 2.11 bits per heavy atom. The summed E-state index contributed by atoms with van der Waals surface area (Å²) in [4.78, 5) is 11.9. The third-order valence-electron chi connectivity index (χ3n) is 2.88. The second-order valence-corrected chi connectivity index (χ2v) is 7.13. The summed E-state index contributed by atoms with van der Waals surface area (Å²) in [6, 6.07) is 6.10. The first-order chi connectivity index (χ1) is 8.41. The Hall–Kier alpha value is -1.07. The molecule has 0 radical (unpaired) electrons. The van der Waals surface area contributed by atoms with E-state index in [0.29, 0.717) is 5.02 Å². The van der Waals surface area contributed by atoms with E-state index in [1.807, 2.05) is 0 Å². The molecular weight excluding hydrogens is 274 g/mol. The molecule has 1 aliphatic rings. The van der Waals surface area contributed by atoms with Gasteiger partial charge in [-0.15, -0.1) is 0 Å². The minimum atomic E-state index is -3.68. The van der Waals surface area contributed by atoms with Crippen molar-refractivity contribution in [2.45, 2.75) is 36.0 Å². The molecule has 1 aromatic carbocycles. The molecule has 0 unspecified atom stereocenters. The summed E-state index contributed by atoms with van der Waals surface area (Å²) in [5.74, 6) is -0.447. The van der Waals surface area contributed by atoms with Crippen molar-refractivity contribution in [2.75, 3.05) is 0 Å². The number of carbonyl (C=O) groups is 1. The Morgan fingerprint density at radius 1 is 1.44 bits per heavy atom. The molecule has 1 amide bonds. The van der Waals surface area contributed by atoms with E-state index in [1.54, 1.807) is 12.1 Å². The average molecular weight is 288 g/mol. The topological polar surface area (TPSA) is 63.2 Å². The zero-order valence-electron chi connectivity index (χ0n) is 9.89. The van der Waals surface area contributed by atoms with Crippen LogP contribution in [0.15, 0.2) is 29.2 Å². The number of nitrogens with one attached hydrogen (secondary N) is 1. The van der Waals surface area contributed by atoms with Gasteiger partial charge in [-0.05, 0) is 38.0 Å². The molecule has 1 atom stereocenters. The smallest absolute Gasteiger partial charge is 0.238 e. The summed E-state index contributed by atoms with van der Waals surface area (Å²) in [6.07, 6.45) is 1.85. The highest BCUT2D eigenvalue weighted by molar-refractivity contribution is 7.92. The van der Waals surface area contributed by atoms with Crippen LogP contribution >= 0.6 is 11.6 Å². The quantitative estimate of drug-likeness (QED) is 0.918. The van der Waals surface area contributed by atoms with Gasteiger partial charge in [0.25, 0.3) is 0 Å². The number of carbonyl (C=O) groups excluding carboxylic acids is 1. The van der Waals surface area contributed by atoms with Crippen molar-refractivity contribution in [1.29, 1.82) is 0 Å². The molecule has 6 heteroatoms. The molecule has 0 spiro atoms. The standard InChI is InChI=1S/C12H14ClNO3S/c1-8(12(15)14-10-5-6-10)18(16,17)11-4-2-3-9(13)7-11/h2-4,7-8,10H,5-6H2,1H3,(H,14,15)/t8-/m1/s1. The van der Waals surface area contributed by atoms with Crippen LogP contribution in [0.2, 0.25) is 5.02 Å². The van der Waals surface area contributed by atoms with Crippen LogP contribution in [0, 0.1) is 0 Å².